The number of rotatable bonds is 6. The molecular weight excluding hydrogens is 598 g/mol. The lowest BCUT2D eigenvalue weighted by atomic mass is 9.52. The van der Waals surface area contributed by atoms with Crippen molar-refractivity contribution >= 4 is 44.7 Å². The van der Waals surface area contributed by atoms with Crippen LogP contribution in [-0.4, -0.2) is 74.3 Å². The van der Waals surface area contributed by atoms with E-state index in [0.717, 1.165) is 62.3 Å². The van der Waals surface area contributed by atoms with E-state index in [-0.39, 0.29) is 23.0 Å². The lowest BCUT2D eigenvalue weighted by Gasteiger charge is -2.61. The van der Waals surface area contributed by atoms with Crippen LogP contribution in [0.4, 0.5) is 33.6 Å². The summed E-state index contributed by atoms with van der Waals surface area (Å²) in [4.78, 5) is 33.1. The molecular formula is C35H43N7O3S. The standard InChI is InChI=1S/C35H43N7O3S/c1-23-4-9-31(46(3,44)45)30(14-23)41-22-27-21-36-33(37-28-5-7-29(8-6-28)40-12-10-39(2)11-13-40)38-32(27)42(34(41)43)35-18-24-15-25(19-35)17-26(16-24)20-35/h4-9,14,21,24-26H,10-13,15-20,22H2,1-3H3,(H,36,37,38). The van der Waals surface area contributed by atoms with Crippen molar-refractivity contribution in [2.24, 2.45) is 17.8 Å². The topological polar surface area (TPSA) is 102 Å². The number of amides is 2. The zero-order valence-corrected chi connectivity index (χ0v) is 27.8. The Morgan fingerprint density at radius 2 is 1.57 bits per heavy atom. The van der Waals surface area contributed by atoms with Gasteiger partial charge in [-0.3, -0.25) is 9.80 Å². The second-order valence-electron chi connectivity index (χ2n) is 14.6. The van der Waals surface area contributed by atoms with Gasteiger partial charge < -0.3 is 15.1 Å². The first kappa shape index (κ1) is 29.7. The Morgan fingerprint density at radius 3 is 2.20 bits per heavy atom. The Bertz CT molecular complexity index is 1750. The molecule has 1 N–H and O–H groups in total. The number of nitrogens with one attached hydrogen (secondary N) is 1. The van der Waals surface area contributed by atoms with Gasteiger partial charge in [0.25, 0.3) is 0 Å². The first-order valence-corrected chi connectivity index (χ1v) is 18.5. The van der Waals surface area contributed by atoms with Crippen LogP contribution in [0.5, 0.6) is 0 Å². The van der Waals surface area contributed by atoms with Crippen LogP contribution in [0.1, 0.15) is 49.7 Å². The van der Waals surface area contributed by atoms with Crippen LogP contribution >= 0.6 is 0 Å². The van der Waals surface area contributed by atoms with Crippen LogP contribution in [0.3, 0.4) is 0 Å². The van der Waals surface area contributed by atoms with Crippen LogP contribution in [0.15, 0.2) is 53.6 Å². The summed E-state index contributed by atoms with van der Waals surface area (Å²) in [5, 5.41) is 3.40. The quantitative estimate of drug-likeness (QED) is 0.371. The summed E-state index contributed by atoms with van der Waals surface area (Å²) in [5.41, 5.74) is 3.91. The van der Waals surface area contributed by atoms with Gasteiger partial charge in [0.2, 0.25) is 5.95 Å². The summed E-state index contributed by atoms with van der Waals surface area (Å²) in [6.45, 7) is 6.27. The van der Waals surface area contributed by atoms with Crippen molar-refractivity contribution in [1.29, 1.82) is 0 Å². The van der Waals surface area contributed by atoms with Gasteiger partial charge in [-0.25, -0.2) is 18.2 Å². The molecule has 0 spiro atoms. The van der Waals surface area contributed by atoms with E-state index in [2.05, 4.69) is 46.4 Å². The number of nitrogens with zero attached hydrogens (tertiary/aromatic N) is 6. The number of urea groups is 1. The van der Waals surface area contributed by atoms with Crippen molar-refractivity contribution < 1.29 is 13.2 Å². The summed E-state index contributed by atoms with van der Waals surface area (Å²) < 4.78 is 25.8. The fourth-order valence-electron chi connectivity index (χ4n) is 9.27. The molecule has 3 heterocycles. The lowest BCUT2D eigenvalue weighted by molar-refractivity contribution is -0.000910. The smallest absolute Gasteiger partial charge is 0.331 e. The second kappa shape index (κ2) is 10.9. The van der Waals surface area contributed by atoms with Crippen molar-refractivity contribution in [2.75, 3.05) is 59.5 Å². The van der Waals surface area contributed by atoms with Gasteiger partial charge in [0.15, 0.2) is 9.84 Å². The van der Waals surface area contributed by atoms with E-state index in [0.29, 0.717) is 35.2 Å². The molecule has 0 radical (unpaired) electrons. The van der Waals surface area contributed by atoms with Crippen molar-refractivity contribution in [3.63, 3.8) is 0 Å². The summed E-state index contributed by atoms with van der Waals surface area (Å²) >= 11 is 0. The Hall–Kier alpha value is -3.70. The maximum absolute atomic E-state index is 14.8. The van der Waals surface area contributed by atoms with Crippen molar-refractivity contribution in [3.8, 4) is 0 Å². The third kappa shape index (κ3) is 5.21. The number of benzene rings is 2. The molecule has 46 heavy (non-hydrogen) atoms. The highest BCUT2D eigenvalue weighted by Gasteiger charge is 2.57. The highest BCUT2D eigenvalue weighted by atomic mass is 32.2. The van der Waals surface area contributed by atoms with E-state index in [9.17, 15) is 13.2 Å². The molecule has 1 aromatic heterocycles. The first-order valence-electron chi connectivity index (χ1n) is 16.6. The minimum atomic E-state index is -3.58. The monoisotopic (exact) mass is 641 g/mol. The fourth-order valence-corrected chi connectivity index (χ4v) is 10.1. The third-order valence-electron chi connectivity index (χ3n) is 11.1. The molecule has 4 saturated carbocycles. The predicted molar refractivity (Wildman–Crippen MR) is 181 cm³/mol. The van der Waals surface area contributed by atoms with Gasteiger partial charge in [-0.2, -0.15) is 4.98 Å². The molecule has 5 fully saturated rings. The molecule has 11 heteroatoms. The molecule has 1 saturated heterocycles. The Morgan fingerprint density at radius 1 is 0.913 bits per heavy atom. The molecule has 4 aliphatic carbocycles. The SMILES string of the molecule is Cc1ccc(S(C)(=O)=O)c(N2Cc3cnc(Nc4ccc(N5CCN(C)CC5)cc4)nc3N(C34CC5CC(CC(C5)C3)C4)C2=O)c1. The van der Waals surface area contributed by atoms with E-state index >= 15 is 0 Å². The van der Waals surface area contributed by atoms with E-state index in [1.807, 2.05) is 24.1 Å². The third-order valence-corrected chi connectivity index (χ3v) is 12.2. The van der Waals surface area contributed by atoms with Gasteiger partial charge in [0.1, 0.15) is 5.82 Å². The van der Waals surface area contributed by atoms with Gasteiger partial charge in [0.05, 0.1) is 22.7 Å². The first-order chi connectivity index (χ1) is 22.0. The van der Waals surface area contributed by atoms with Gasteiger partial charge in [-0.1, -0.05) is 6.07 Å². The number of sulfone groups is 1. The molecule has 4 bridgehead atoms. The highest BCUT2D eigenvalue weighted by molar-refractivity contribution is 7.90. The number of carbonyl (C=O) groups is 1. The molecule has 2 aliphatic heterocycles. The Kier molecular flexibility index (Phi) is 7.06. The van der Waals surface area contributed by atoms with E-state index in [1.54, 1.807) is 17.0 Å². The molecule has 10 nitrogen and oxygen atoms in total. The maximum atomic E-state index is 14.8. The number of fused-ring (bicyclic) bond motifs is 1. The molecule has 0 atom stereocenters. The predicted octanol–water partition coefficient (Wildman–Crippen LogP) is 5.60. The van der Waals surface area contributed by atoms with Crippen LogP contribution in [0.2, 0.25) is 0 Å². The Balaban J connectivity index is 1.16. The van der Waals surface area contributed by atoms with E-state index < -0.39 is 9.84 Å². The highest BCUT2D eigenvalue weighted by Crippen LogP contribution is 2.59. The zero-order chi connectivity index (χ0) is 31.8. The van der Waals surface area contributed by atoms with Crippen molar-refractivity contribution in [1.82, 2.24) is 14.9 Å². The molecule has 2 amide bonds. The second-order valence-corrected chi connectivity index (χ2v) is 16.6. The molecule has 3 aromatic rings. The van der Waals surface area contributed by atoms with E-state index in [1.165, 1.54) is 31.2 Å². The summed E-state index contributed by atoms with van der Waals surface area (Å²) in [6, 6.07) is 13.4. The number of aryl methyl sites for hydroxylation is 1. The average Bonchev–Trinajstić information content (AvgIpc) is 3.00. The van der Waals surface area contributed by atoms with Gasteiger partial charge in [-0.15, -0.1) is 0 Å². The number of aromatic nitrogens is 2. The molecule has 2 aromatic carbocycles. The van der Waals surface area contributed by atoms with Crippen LogP contribution in [0.25, 0.3) is 0 Å². The number of carbonyl (C=O) groups excluding carboxylic acids is 1. The number of hydrogen-bond donors (Lipinski definition) is 1. The normalized spacial score (nSPS) is 27.7. The van der Waals surface area contributed by atoms with Crippen LogP contribution in [-0.2, 0) is 16.4 Å². The van der Waals surface area contributed by atoms with E-state index in [4.69, 9.17) is 9.97 Å². The van der Waals surface area contributed by atoms with Crippen LogP contribution < -0.4 is 20.0 Å². The molecule has 242 valence electrons. The average molecular weight is 642 g/mol. The minimum Gasteiger partial charge on any atom is -0.369 e. The lowest BCUT2D eigenvalue weighted by Crippen LogP contribution is -2.65. The zero-order valence-electron chi connectivity index (χ0n) is 26.9. The van der Waals surface area contributed by atoms with Crippen molar-refractivity contribution in [3.05, 3.63) is 59.8 Å². The summed E-state index contributed by atoms with van der Waals surface area (Å²) in [7, 11) is -1.42. The minimum absolute atomic E-state index is 0.166. The largest absolute Gasteiger partial charge is 0.369 e. The molecule has 9 rings (SSSR count). The molecule has 0 unspecified atom stereocenters. The summed E-state index contributed by atoms with van der Waals surface area (Å²) in [5.74, 6) is 2.95. The molecule has 6 aliphatic rings. The number of likely N-dealkylation sites (N-methyl/N-ethyl adjacent to an activating group) is 1. The number of hydrogen-bond acceptors (Lipinski definition) is 8. The summed E-state index contributed by atoms with van der Waals surface area (Å²) in [6.07, 6.45) is 9.64. The number of anilines is 5. The number of piperazine rings is 1. The maximum Gasteiger partial charge on any atom is 0.331 e. The van der Waals surface area contributed by atoms with Crippen LogP contribution in [0, 0.1) is 24.7 Å². The van der Waals surface area contributed by atoms with Gasteiger partial charge in [0, 0.05) is 55.6 Å². The van der Waals surface area contributed by atoms with Gasteiger partial charge >= 0.3 is 6.03 Å². The van der Waals surface area contributed by atoms with Crippen molar-refractivity contribution in [2.45, 2.75) is 62.4 Å². The fraction of sp³-hybridized carbons (Fsp3) is 0.514. The Labute approximate surface area is 271 Å². The van der Waals surface area contributed by atoms with Gasteiger partial charge in [-0.05, 0) is 112 Å².